The molecule has 1 aliphatic carbocycles. The lowest BCUT2D eigenvalue weighted by Gasteiger charge is -2.20. The largest absolute Gasteiger partial charge is 0.356 e. The van der Waals surface area contributed by atoms with Crippen LogP contribution in [0.15, 0.2) is 0 Å². The molecule has 0 bridgehead atoms. The summed E-state index contributed by atoms with van der Waals surface area (Å²) in [5, 5.41) is 2.77. The van der Waals surface area contributed by atoms with E-state index in [0.29, 0.717) is 19.4 Å². The van der Waals surface area contributed by atoms with Crippen LogP contribution in [0.5, 0.6) is 0 Å². The predicted molar refractivity (Wildman–Crippen MR) is 62.8 cm³/mol. The van der Waals surface area contributed by atoms with Crippen molar-refractivity contribution in [3.05, 3.63) is 0 Å². The van der Waals surface area contributed by atoms with Gasteiger partial charge in [-0.25, -0.2) is 0 Å². The van der Waals surface area contributed by atoms with Crippen molar-refractivity contribution < 1.29 is 9.59 Å². The Morgan fingerprint density at radius 1 is 1.20 bits per heavy atom. The normalized spacial score (nSPS) is 17.4. The highest BCUT2D eigenvalue weighted by Crippen LogP contribution is 2.23. The summed E-state index contributed by atoms with van der Waals surface area (Å²) in [5.41, 5.74) is 0. The maximum Gasteiger partial charge on any atom is 0.223 e. The van der Waals surface area contributed by atoms with Crippen LogP contribution in [0.2, 0.25) is 0 Å². The van der Waals surface area contributed by atoms with E-state index in [-0.39, 0.29) is 16.9 Å². The first kappa shape index (κ1) is 12.6. The molecule has 0 saturated heterocycles. The highest BCUT2D eigenvalue weighted by atomic mass is 32.1. The Kier molecular flexibility index (Phi) is 5.76. The third kappa shape index (κ3) is 5.21. The van der Waals surface area contributed by atoms with E-state index in [1.807, 2.05) is 0 Å². The van der Waals surface area contributed by atoms with Gasteiger partial charge in [0.15, 0.2) is 5.12 Å². The molecular formula is C11H19NO2S. The number of hydrogen-bond acceptors (Lipinski definition) is 2. The van der Waals surface area contributed by atoms with Crippen LogP contribution in [-0.2, 0) is 9.59 Å². The minimum absolute atomic E-state index is 0.109. The molecule has 0 aliphatic heterocycles. The Morgan fingerprint density at radius 3 is 2.47 bits per heavy atom. The second kappa shape index (κ2) is 6.88. The van der Waals surface area contributed by atoms with Crippen LogP contribution in [0.3, 0.4) is 0 Å². The van der Waals surface area contributed by atoms with Gasteiger partial charge in [-0.1, -0.05) is 19.3 Å². The zero-order valence-corrected chi connectivity index (χ0v) is 9.89. The molecule has 15 heavy (non-hydrogen) atoms. The van der Waals surface area contributed by atoms with E-state index in [2.05, 4.69) is 17.9 Å². The van der Waals surface area contributed by atoms with Crippen LogP contribution in [-0.4, -0.2) is 17.6 Å². The lowest BCUT2D eigenvalue weighted by molar-refractivity contribution is -0.126. The number of rotatable bonds is 5. The quantitative estimate of drug-likeness (QED) is 0.559. The minimum atomic E-state index is -0.109. The second-order valence-corrected chi connectivity index (χ2v) is 4.62. The molecule has 0 aromatic carbocycles. The Balaban J connectivity index is 2.09. The standard InChI is InChI=1S/C11H19NO2S/c13-10(15)7-4-8-12-11(14)9-5-2-1-3-6-9/h9H,1-8H2,(H,12,14)(H,13,15). The zero-order chi connectivity index (χ0) is 11.1. The molecule has 1 amide bonds. The fourth-order valence-electron chi connectivity index (χ4n) is 1.96. The molecule has 1 aliphatic rings. The Hall–Kier alpha value is -0.510. The molecule has 0 unspecified atom stereocenters. The summed E-state index contributed by atoms with van der Waals surface area (Å²) >= 11 is 3.67. The lowest BCUT2D eigenvalue weighted by Crippen LogP contribution is -2.32. The fourth-order valence-corrected chi connectivity index (χ4v) is 2.12. The van der Waals surface area contributed by atoms with Gasteiger partial charge < -0.3 is 5.32 Å². The first-order chi connectivity index (χ1) is 7.20. The average Bonchev–Trinajstić information content (AvgIpc) is 2.25. The molecule has 0 aromatic heterocycles. The van der Waals surface area contributed by atoms with Gasteiger partial charge in [0.05, 0.1) is 0 Å². The molecule has 86 valence electrons. The maximum atomic E-state index is 11.6. The van der Waals surface area contributed by atoms with Gasteiger partial charge in [0, 0.05) is 18.9 Å². The van der Waals surface area contributed by atoms with Crippen molar-refractivity contribution in [3.63, 3.8) is 0 Å². The number of nitrogens with one attached hydrogen (secondary N) is 1. The van der Waals surface area contributed by atoms with Gasteiger partial charge in [-0.3, -0.25) is 9.59 Å². The van der Waals surface area contributed by atoms with Crippen LogP contribution in [0.4, 0.5) is 0 Å². The summed E-state index contributed by atoms with van der Waals surface area (Å²) in [5.74, 6) is 0.381. The van der Waals surface area contributed by atoms with Crippen molar-refractivity contribution >= 4 is 23.7 Å². The van der Waals surface area contributed by atoms with Crippen LogP contribution in [0.1, 0.15) is 44.9 Å². The Bertz CT molecular complexity index is 225. The molecule has 1 saturated carbocycles. The van der Waals surface area contributed by atoms with E-state index in [9.17, 15) is 9.59 Å². The molecule has 0 heterocycles. The molecule has 1 N–H and O–H groups in total. The monoisotopic (exact) mass is 229 g/mol. The van der Waals surface area contributed by atoms with Crippen molar-refractivity contribution in [2.45, 2.75) is 44.9 Å². The van der Waals surface area contributed by atoms with Gasteiger partial charge in [0.1, 0.15) is 0 Å². The SMILES string of the molecule is O=C(S)CCCNC(=O)C1CCCCC1. The van der Waals surface area contributed by atoms with E-state index in [4.69, 9.17) is 0 Å². The lowest BCUT2D eigenvalue weighted by atomic mass is 9.89. The first-order valence-electron chi connectivity index (χ1n) is 5.69. The average molecular weight is 229 g/mol. The topological polar surface area (TPSA) is 46.2 Å². The zero-order valence-electron chi connectivity index (χ0n) is 9.00. The maximum absolute atomic E-state index is 11.6. The number of hydrogen-bond donors (Lipinski definition) is 2. The molecule has 3 nitrogen and oxygen atoms in total. The van der Waals surface area contributed by atoms with Crippen LogP contribution < -0.4 is 5.32 Å². The molecule has 0 atom stereocenters. The van der Waals surface area contributed by atoms with E-state index in [1.54, 1.807) is 0 Å². The van der Waals surface area contributed by atoms with Crippen molar-refractivity contribution in [2.24, 2.45) is 5.92 Å². The molecule has 1 fully saturated rings. The Labute approximate surface area is 96.4 Å². The van der Waals surface area contributed by atoms with E-state index >= 15 is 0 Å². The number of carbonyl (C=O) groups is 2. The summed E-state index contributed by atoms with van der Waals surface area (Å²) < 4.78 is 0. The van der Waals surface area contributed by atoms with Gasteiger partial charge in [0.25, 0.3) is 0 Å². The highest BCUT2D eigenvalue weighted by molar-refractivity contribution is 7.96. The second-order valence-electron chi connectivity index (χ2n) is 4.12. The predicted octanol–water partition coefficient (Wildman–Crippen LogP) is 1.92. The third-order valence-corrected chi connectivity index (χ3v) is 3.07. The smallest absolute Gasteiger partial charge is 0.223 e. The fraction of sp³-hybridized carbons (Fsp3) is 0.818. The molecule has 1 rings (SSSR count). The minimum Gasteiger partial charge on any atom is -0.356 e. The first-order valence-corrected chi connectivity index (χ1v) is 6.14. The molecule has 4 heteroatoms. The number of amides is 1. The summed E-state index contributed by atoms with van der Waals surface area (Å²) in [6.45, 7) is 0.599. The summed E-state index contributed by atoms with van der Waals surface area (Å²) in [6, 6.07) is 0. The van der Waals surface area contributed by atoms with Gasteiger partial charge in [-0.05, 0) is 19.3 Å². The summed E-state index contributed by atoms with van der Waals surface area (Å²) in [6.07, 6.45) is 6.79. The van der Waals surface area contributed by atoms with Crippen molar-refractivity contribution in [3.8, 4) is 0 Å². The molecular weight excluding hydrogens is 210 g/mol. The van der Waals surface area contributed by atoms with E-state index < -0.39 is 0 Å². The summed E-state index contributed by atoms with van der Waals surface area (Å²) in [4.78, 5) is 22.2. The van der Waals surface area contributed by atoms with Crippen LogP contribution in [0, 0.1) is 5.92 Å². The number of carbonyl (C=O) groups excluding carboxylic acids is 2. The molecule has 0 radical (unpaired) electrons. The van der Waals surface area contributed by atoms with Crippen molar-refractivity contribution in [1.29, 1.82) is 0 Å². The van der Waals surface area contributed by atoms with Crippen LogP contribution >= 0.6 is 12.6 Å². The Morgan fingerprint density at radius 2 is 1.87 bits per heavy atom. The molecule has 0 spiro atoms. The molecule has 0 aromatic rings. The van der Waals surface area contributed by atoms with Gasteiger partial charge in [-0.15, -0.1) is 12.6 Å². The summed E-state index contributed by atoms with van der Waals surface area (Å²) in [7, 11) is 0. The van der Waals surface area contributed by atoms with Crippen LogP contribution in [0.25, 0.3) is 0 Å². The van der Waals surface area contributed by atoms with E-state index in [1.165, 1.54) is 19.3 Å². The number of thiol groups is 1. The van der Waals surface area contributed by atoms with Crippen molar-refractivity contribution in [2.75, 3.05) is 6.54 Å². The van der Waals surface area contributed by atoms with Gasteiger partial charge in [-0.2, -0.15) is 0 Å². The van der Waals surface area contributed by atoms with Gasteiger partial charge in [0.2, 0.25) is 5.91 Å². The van der Waals surface area contributed by atoms with E-state index in [0.717, 1.165) is 12.8 Å². The highest BCUT2D eigenvalue weighted by Gasteiger charge is 2.20. The van der Waals surface area contributed by atoms with Gasteiger partial charge >= 0.3 is 0 Å². The third-order valence-electron chi connectivity index (χ3n) is 2.84. The van der Waals surface area contributed by atoms with Crippen molar-refractivity contribution in [1.82, 2.24) is 5.32 Å².